The highest BCUT2D eigenvalue weighted by atomic mass is 16.5. The third kappa shape index (κ3) is 3.92. The van der Waals surface area contributed by atoms with E-state index in [0.717, 1.165) is 19.3 Å². The van der Waals surface area contributed by atoms with Crippen LogP contribution < -0.4 is 0 Å². The number of aliphatic hydroxyl groups excluding tert-OH is 1. The van der Waals surface area contributed by atoms with Crippen molar-refractivity contribution in [2.75, 3.05) is 6.61 Å². The Balaban J connectivity index is 2.70. The van der Waals surface area contributed by atoms with Gasteiger partial charge in [0.25, 0.3) is 0 Å². The standard InChI is InChI=1S/C15H26O3/c1-5-6-7-8-18-14-12(16)9-11(2)13(17)10-15(14,3)4/h9,12,14,16H,5-8,10H2,1-4H3. The molecule has 0 amide bonds. The molecule has 0 saturated heterocycles. The topological polar surface area (TPSA) is 46.5 Å². The molecular formula is C15H26O3. The van der Waals surface area contributed by atoms with Crippen LogP contribution in [0.25, 0.3) is 0 Å². The Morgan fingerprint density at radius 3 is 2.72 bits per heavy atom. The van der Waals surface area contributed by atoms with Gasteiger partial charge >= 0.3 is 0 Å². The fourth-order valence-corrected chi connectivity index (χ4v) is 2.44. The first-order valence-corrected chi connectivity index (χ1v) is 6.89. The summed E-state index contributed by atoms with van der Waals surface area (Å²) >= 11 is 0. The van der Waals surface area contributed by atoms with Crippen LogP contribution in [-0.2, 0) is 9.53 Å². The molecule has 3 nitrogen and oxygen atoms in total. The number of hydrogen-bond donors (Lipinski definition) is 1. The molecule has 1 rings (SSSR count). The average molecular weight is 254 g/mol. The first-order chi connectivity index (χ1) is 8.38. The molecule has 0 aromatic carbocycles. The van der Waals surface area contributed by atoms with Gasteiger partial charge in [-0.2, -0.15) is 0 Å². The molecular weight excluding hydrogens is 228 g/mol. The minimum absolute atomic E-state index is 0.110. The molecule has 1 N–H and O–H groups in total. The number of allylic oxidation sites excluding steroid dienone is 1. The molecule has 2 unspecified atom stereocenters. The Morgan fingerprint density at radius 1 is 1.44 bits per heavy atom. The Hall–Kier alpha value is -0.670. The van der Waals surface area contributed by atoms with E-state index >= 15 is 0 Å². The normalized spacial score (nSPS) is 27.8. The van der Waals surface area contributed by atoms with E-state index in [0.29, 0.717) is 18.6 Å². The molecule has 0 aromatic rings. The van der Waals surface area contributed by atoms with E-state index in [9.17, 15) is 9.90 Å². The van der Waals surface area contributed by atoms with Crippen LogP contribution in [0.3, 0.4) is 0 Å². The van der Waals surface area contributed by atoms with E-state index in [-0.39, 0.29) is 17.3 Å². The lowest BCUT2D eigenvalue weighted by Crippen LogP contribution is -2.41. The predicted molar refractivity (Wildman–Crippen MR) is 72.4 cm³/mol. The van der Waals surface area contributed by atoms with Gasteiger partial charge in [0, 0.05) is 18.4 Å². The van der Waals surface area contributed by atoms with E-state index in [1.165, 1.54) is 0 Å². The number of hydrogen-bond acceptors (Lipinski definition) is 3. The van der Waals surface area contributed by atoms with E-state index in [1.54, 1.807) is 13.0 Å². The van der Waals surface area contributed by atoms with Gasteiger partial charge in [0.2, 0.25) is 0 Å². The molecule has 3 heteroatoms. The molecule has 0 spiro atoms. The van der Waals surface area contributed by atoms with Gasteiger partial charge in [0.05, 0.1) is 12.2 Å². The van der Waals surface area contributed by atoms with Crippen LogP contribution in [0.2, 0.25) is 0 Å². The number of carbonyl (C=O) groups excluding carboxylic acids is 1. The van der Waals surface area contributed by atoms with Crippen LogP contribution in [0.4, 0.5) is 0 Å². The quantitative estimate of drug-likeness (QED) is 0.767. The van der Waals surface area contributed by atoms with E-state index in [2.05, 4.69) is 6.92 Å². The summed E-state index contributed by atoms with van der Waals surface area (Å²) in [5.41, 5.74) is 0.326. The van der Waals surface area contributed by atoms with Gasteiger partial charge < -0.3 is 9.84 Å². The first kappa shape index (κ1) is 15.4. The third-order valence-electron chi connectivity index (χ3n) is 3.60. The highest BCUT2D eigenvalue weighted by Gasteiger charge is 2.39. The fourth-order valence-electron chi connectivity index (χ4n) is 2.44. The summed E-state index contributed by atoms with van der Waals surface area (Å²) in [4.78, 5) is 11.9. The Bertz CT molecular complexity index is 318. The van der Waals surface area contributed by atoms with Gasteiger partial charge in [-0.05, 0) is 25.0 Å². The maximum atomic E-state index is 11.9. The number of unbranched alkanes of at least 4 members (excludes halogenated alkanes) is 2. The van der Waals surface area contributed by atoms with Crippen molar-refractivity contribution in [2.45, 2.75) is 65.6 Å². The number of ketones is 1. The SMILES string of the molecule is CCCCCOC1C(O)C=C(C)C(=O)CC1(C)C. The Morgan fingerprint density at radius 2 is 2.11 bits per heavy atom. The molecule has 0 fully saturated rings. The lowest BCUT2D eigenvalue weighted by Gasteiger charge is -2.34. The second-order valence-corrected chi connectivity index (χ2v) is 5.93. The summed E-state index contributed by atoms with van der Waals surface area (Å²) in [7, 11) is 0. The summed E-state index contributed by atoms with van der Waals surface area (Å²) in [5, 5.41) is 10.2. The second-order valence-electron chi connectivity index (χ2n) is 5.93. The molecule has 0 heterocycles. The van der Waals surface area contributed by atoms with Gasteiger partial charge in [-0.15, -0.1) is 0 Å². The van der Waals surface area contributed by atoms with E-state index < -0.39 is 6.10 Å². The minimum Gasteiger partial charge on any atom is -0.386 e. The Labute approximate surface area is 110 Å². The second kappa shape index (κ2) is 6.48. The van der Waals surface area contributed by atoms with Crippen molar-refractivity contribution in [3.63, 3.8) is 0 Å². The molecule has 0 aliphatic heterocycles. The molecule has 2 atom stereocenters. The molecule has 0 aromatic heterocycles. The van der Waals surface area contributed by atoms with Crippen LogP contribution in [0.1, 0.15) is 53.4 Å². The van der Waals surface area contributed by atoms with Crippen LogP contribution in [0.15, 0.2) is 11.6 Å². The van der Waals surface area contributed by atoms with Crippen molar-refractivity contribution < 1.29 is 14.6 Å². The number of ether oxygens (including phenoxy) is 1. The van der Waals surface area contributed by atoms with Crippen LogP contribution in [0, 0.1) is 5.41 Å². The summed E-state index contributed by atoms with van der Waals surface area (Å²) in [6, 6.07) is 0. The molecule has 0 bridgehead atoms. The van der Waals surface area contributed by atoms with Crippen LogP contribution >= 0.6 is 0 Å². The average Bonchev–Trinajstić information content (AvgIpc) is 2.33. The Kier molecular flexibility index (Phi) is 5.54. The zero-order valence-corrected chi connectivity index (χ0v) is 12.0. The largest absolute Gasteiger partial charge is 0.386 e. The molecule has 1 aliphatic rings. The molecule has 0 saturated carbocycles. The van der Waals surface area contributed by atoms with Crippen molar-refractivity contribution in [3.05, 3.63) is 11.6 Å². The van der Waals surface area contributed by atoms with Crippen molar-refractivity contribution in [2.24, 2.45) is 5.41 Å². The summed E-state index contributed by atoms with van der Waals surface area (Å²) in [5.74, 6) is 0.110. The van der Waals surface area contributed by atoms with Gasteiger partial charge in [0.1, 0.15) is 0 Å². The van der Waals surface area contributed by atoms with Gasteiger partial charge in [-0.25, -0.2) is 0 Å². The predicted octanol–water partition coefficient (Wildman–Crippen LogP) is 2.87. The van der Waals surface area contributed by atoms with Crippen molar-refractivity contribution in [1.29, 1.82) is 0 Å². The molecule has 104 valence electrons. The van der Waals surface area contributed by atoms with Crippen molar-refractivity contribution >= 4 is 5.78 Å². The monoisotopic (exact) mass is 254 g/mol. The van der Waals surface area contributed by atoms with Crippen LogP contribution in [-0.4, -0.2) is 29.7 Å². The van der Waals surface area contributed by atoms with Gasteiger partial charge in [0.15, 0.2) is 5.78 Å². The smallest absolute Gasteiger partial charge is 0.158 e. The van der Waals surface area contributed by atoms with Crippen molar-refractivity contribution in [3.8, 4) is 0 Å². The lowest BCUT2D eigenvalue weighted by molar-refractivity contribution is -0.122. The fraction of sp³-hybridized carbons (Fsp3) is 0.800. The zero-order valence-electron chi connectivity index (χ0n) is 12.0. The number of rotatable bonds is 5. The molecule has 18 heavy (non-hydrogen) atoms. The van der Waals surface area contributed by atoms with Crippen LogP contribution in [0.5, 0.6) is 0 Å². The molecule has 0 radical (unpaired) electrons. The zero-order chi connectivity index (χ0) is 13.8. The number of Topliss-reactive ketones (excluding diaryl/α,β-unsaturated/α-hetero) is 1. The van der Waals surface area contributed by atoms with Gasteiger partial charge in [-0.1, -0.05) is 33.6 Å². The first-order valence-electron chi connectivity index (χ1n) is 6.89. The summed E-state index contributed by atoms with van der Waals surface area (Å²) in [6.07, 6.45) is 4.39. The summed E-state index contributed by atoms with van der Waals surface area (Å²) < 4.78 is 5.84. The summed E-state index contributed by atoms with van der Waals surface area (Å²) in [6.45, 7) is 8.55. The lowest BCUT2D eigenvalue weighted by atomic mass is 9.80. The third-order valence-corrected chi connectivity index (χ3v) is 3.60. The van der Waals surface area contributed by atoms with Crippen molar-refractivity contribution in [1.82, 2.24) is 0 Å². The highest BCUT2D eigenvalue weighted by Crippen LogP contribution is 2.34. The maximum Gasteiger partial charge on any atom is 0.158 e. The van der Waals surface area contributed by atoms with Gasteiger partial charge in [-0.3, -0.25) is 4.79 Å². The highest BCUT2D eigenvalue weighted by molar-refractivity contribution is 5.95. The molecule has 1 aliphatic carbocycles. The number of carbonyl (C=O) groups is 1. The maximum absolute atomic E-state index is 11.9. The number of aliphatic hydroxyl groups is 1. The minimum atomic E-state index is -0.687. The van der Waals surface area contributed by atoms with E-state index in [1.807, 2.05) is 13.8 Å². The van der Waals surface area contributed by atoms with E-state index in [4.69, 9.17) is 4.74 Å².